The molecule has 0 saturated heterocycles. The van der Waals surface area contributed by atoms with Crippen LogP contribution in [0.15, 0.2) is 24.3 Å². The summed E-state index contributed by atoms with van der Waals surface area (Å²) in [6.07, 6.45) is 2.16. The van der Waals surface area contributed by atoms with Gasteiger partial charge in [-0.3, -0.25) is 4.79 Å². The lowest BCUT2D eigenvalue weighted by Gasteiger charge is -2.15. The maximum Gasteiger partial charge on any atom is 0.237 e. The molecule has 0 radical (unpaired) electrons. The van der Waals surface area contributed by atoms with Gasteiger partial charge in [0.25, 0.3) is 0 Å². The van der Waals surface area contributed by atoms with Gasteiger partial charge in [0.1, 0.15) is 5.75 Å². The predicted octanol–water partition coefficient (Wildman–Crippen LogP) is 2.47. The molecule has 0 bridgehead atoms. The van der Waals surface area contributed by atoms with Gasteiger partial charge in [-0.15, -0.1) is 0 Å². The Morgan fingerprint density at radius 3 is 2.80 bits per heavy atom. The van der Waals surface area contributed by atoms with Crippen LogP contribution in [0.1, 0.15) is 39.2 Å². The van der Waals surface area contributed by atoms with Crippen molar-refractivity contribution in [3.8, 4) is 5.75 Å². The average molecular weight is 278 g/mol. The molecule has 0 heterocycles. The van der Waals surface area contributed by atoms with Gasteiger partial charge in [-0.1, -0.05) is 39.3 Å². The summed E-state index contributed by atoms with van der Waals surface area (Å²) in [5.41, 5.74) is 6.82. The van der Waals surface area contributed by atoms with Crippen molar-refractivity contribution in [2.24, 2.45) is 11.7 Å². The first-order chi connectivity index (χ1) is 9.54. The topological polar surface area (TPSA) is 64.3 Å². The third kappa shape index (κ3) is 5.61. The van der Waals surface area contributed by atoms with E-state index in [1.165, 1.54) is 0 Å². The SMILES string of the molecule is CCCCOc1cccc(CNC(=O)[C@@H](N)C(C)C)c1. The summed E-state index contributed by atoms with van der Waals surface area (Å²) in [5.74, 6) is 0.870. The molecule has 1 aromatic carbocycles. The molecule has 0 unspecified atom stereocenters. The van der Waals surface area contributed by atoms with Crippen molar-refractivity contribution in [1.82, 2.24) is 5.32 Å². The summed E-state index contributed by atoms with van der Waals surface area (Å²) >= 11 is 0. The number of nitrogens with one attached hydrogen (secondary N) is 1. The maximum absolute atomic E-state index is 11.8. The zero-order valence-electron chi connectivity index (χ0n) is 12.7. The second-order valence-electron chi connectivity index (χ2n) is 5.34. The number of amides is 1. The molecule has 112 valence electrons. The van der Waals surface area contributed by atoms with Crippen LogP contribution in [0.2, 0.25) is 0 Å². The largest absolute Gasteiger partial charge is 0.494 e. The highest BCUT2D eigenvalue weighted by Gasteiger charge is 2.16. The van der Waals surface area contributed by atoms with E-state index in [1.807, 2.05) is 38.1 Å². The first-order valence-corrected chi connectivity index (χ1v) is 7.29. The number of carbonyl (C=O) groups is 1. The minimum atomic E-state index is -0.459. The molecule has 1 rings (SSSR count). The predicted molar refractivity (Wildman–Crippen MR) is 81.5 cm³/mol. The fraction of sp³-hybridized carbons (Fsp3) is 0.562. The third-order valence-electron chi connectivity index (χ3n) is 3.15. The van der Waals surface area contributed by atoms with Crippen LogP contribution >= 0.6 is 0 Å². The lowest BCUT2D eigenvalue weighted by atomic mass is 10.0. The first kappa shape index (κ1) is 16.5. The first-order valence-electron chi connectivity index (χ1n) is 7.29. The highest BCUT2D eigenvalue weighted by atomic mass is 16.5. The van der Waals surface area contributed by atoms with E-state index in [9.17, 15) is 4.79 Å². The normalized spacial score (nSPS) is 12.2. The molecule has 4 heteroatoms. The van der Waals surface area contributed by atoms with Gasteiger partial charge < -0.3 is 15.8 Å². The third-order valence-corrected chi connectivity index (χ3v) is 3.15. The van der Waals surface area contributed by atoms with Gasteiger partial charge in [-0.25, -0.2) is 0 Å². The van der Waals surface area contributed by atoms with E-state index >= 15 is 0 Å². The van der Waals surface area contributed by atoms with E-state index in [4.69, 9.17) is 10.5 Å². The Bertz CT molecular complexity index is 419. The van der Waals surface area contributed by atoms with Crippen LogP contribution < -0.4 is 15.8 Å². The van der Waals surface area contributed by atoms with Gasteiger partial charge in [0, 0.05) is 6.54 Å². The van der Waals surface area contributed by atoms with E-state index in [2.05, 4.69) is 12.2 Å². The number of rotatable bonds is 8. The summed E-state index contributed by atoms with van der Waals surface area (Å²) in [4.78, 5) is 11.8. The molecule has 0 aliphatic carbocycles. The molecular weight excluding hydrogens is 252 g/mol. The second-order valence-corrected chi connectivity index (χ2v) is 5.34. The Morgan fingerprint density at radius 1 is 1.40 bits per heavy atom. The standard InChI is InChI=1S/C16H26N2O2/c1-4-5-9-20-14-8-6-7-13(10-14)11-18-16(19)15(17)12(2)3/h6-8,10,12,15H,4-5,9,11,17H2,1-3H3,(H,18,19)/t15-/m0/s1. The van der Waals surface area contributed by atoms with Crippen molar-refractivity contribution in [3.05, 3.63) is 29.8 Å². The average Bonchev–Trinajstić information content (AvgIpc) is 2.44. The van der Waals surface area contributed by atoms with Crippen molar-refractivity contribution in [2.75, 3.05) is 6.61 Å². The number of hydrogen-bond donors (Lipinski definition) is 2. The molecule has 0 spiro atoms. The Kier molecular flexibility index (Phi) is 7.09. The van der Waals surface area contributed by atoms with Crippen LogP contribution in [0.4, 0.5) is 0 Å². The lowest BCUT2D eigenvalue weighted by Crippen LogP contribution is -2.43. The molecule has 3 N–H and O–H groups in total. The van der Waals surface area contributed by atoms with Crippen molar-refractivity contribution < 1.29 is 9.53 Å². The molecule has 1 atom stereocenters. The molecule has 4 nitrogen and oxygen atoms in total. The highest BCUT2D eigenvalue weighted by molar-refractivity contribution is 5.81. The Balaban J connectivity index is 2.47. The fourth-order valence-corrected chi connectivity index (χ4v) is 1.69. The van der Waals surface area contributed by atoms with E-state index in [0.29, 0.717) is 6.54 Å². The Labute approximate surface area is 121 Å². The number of nitrogens with two attached hydrogens (primary N) is 1. The van der Waals surface area contributed by atoms with Crippen molar-refractivity contribution in [3.63, 3.8) is 0 Å². The minimum Gasteiger partial charge on any atom is -0.494 e. The van der Waals surface area contributed by atoms with E-state index in [0.717, 1.165) is 30.8 Å². The molecule has 0 aliphatic heterocycles. The van der Waals surface area contributed by atoms with Crippen LogP contribution in [0, 0.1) is 5.92 Å². The second kappa shape index (κ2) is 8.59. The summed E-state index contributed by atoms with van der Waals surface area (Å²) in [6.45, 7) is 7.21. The molecule has 20 heavy (non-hydrogen) atoms. The van der Waals surface area contributed by atoms with Crippen molar-refractivity contribution in [2.45, 2.75) is 46.2 Å². The monoisotopic (exact) mass is 278 g/mol. The van der Waals surface area contributed by atoms with Crippen molar-refractivity contribution >= 4 is 5.91 Å². The van der Waals surface area contributed by atoms with Gasteiger partial charge in [0.2, 0.25) is 5.91 Å². The van der Waals surface area contributed by atoms with Crippen molar-refractivity contribution in [1.29, 1.82) is 0 Å². The maximum atomic E-state index is 11.8. The van der Waals surface area contributed by atoms with E-state index in [1.54, 1.807) is 0 Å². The van der Waals surface area contributed by atoms with Crippen LogP contribution in [0.5, 0.6) is 5.75 Å². The summed E-state index contributed by atoms with van der Waals surface area (Å²) in [5, 5.41) is 2.86. The summed E-state index contributed by atoms with van der Waals surface area (Å²) < 4.78 is 5.64. The highest BCUT2D eigenvalue weighted by Crippen LogP contribution is 2.13. The number of unbranched alkanes of at least 4 members (excludes halogenated alkanes) is 1. The molecule has 0 saturated carbocycles. The van der Waals surface area contributed by atoms with Gasteiger partial charge in [-0.05, 0) is 30.0 Å². The summed E-state index contributed by atoms with van der Waals surface area (Å²) in [6, 6.07) is 7.33. The number of hydrogen-bond acceptors (Lipinski definition) is 3. The molecule has 0 fully saturated rings. The molecular formula is C16H26N2O2. The minimum absolute atomic E-state index is 0.114. The van der Waals surface area contributed by atoms with E-state index in [-0.39, 0.29) is 11.8 Å². The van der Waals surface area contributed by atoms with E-state index < -0.39 is 6.04 Å². The molecule has 0 aromatic heterocycles. The molecule has 0 aliphatic rings. The smallest absolute Gasteiger partial charge is 0.237 e. The molecule has 1 amide bonds. The van der Waals surface area contributed by atoms with Crippen LogP contribution in [-0.2, 0) is 11.3 Å². The van der Waals surface area contributed by atoms with Crippen LogP contribution in [-0.4, -0.2) is 18.6 Å². The van der Waals surface area contributed by atoms with Gasteiger partial charge in [0.15, 0.2) is 0 Å². The van der Waals surface area contributed by atoms with Gasteiger partial charge in [0.05, 0.1) is 12.6 Å². The van der Waals surface area contributed by atoms with Crippen LogP contribution in [0.3, 0.4) is 0 Å². The van der Waals surface area contributed by atoms with Crippen LogP contribution in [0.25, 0.3) is 0 Å². The number of ether oxygens (including phenoxy) is 1. The summed E-state index contributed by atoms with van der Waals surface area (Å²) in [7, 11) is 0. The Hall–Kier alpha value is -1.55. The van der Waals surface area contributed by atoms with Gasteiger partial charge >= 0.3 is 0 Å². The van der Waals surface area contributed by atoms with Gasteiger partial charge in [-0.2, -0.15) is 0 Å². The Morgan fingerprint density at radius 2 is 2.15 bits per heavy atom. The number of carbonyl (C=O) groups excluding carboxylic acids is 1. The lowest BCUT2D eigenvalue weighted by molar-refractivity contribution is -0.123. The quantitative estimate of drug-likeness (QED) is 0.718. The zero-order chi connectivity index (χ0) is 15.0. The number of benzene rings is 1. The molecule has 1 aromatic rings. The zero-order valence-corrected chi connectivity index (χ0v) is 12.7. The fourth-order valence-electron chi connectivity index (χ4n) is 1.69.